The Morgan fingerprint density at radius 3 is 2.69 bits per heavy atom. The summed E-state index contributed by atoms with van der Waals surface area (Å²) in [4.78, 5) is 19.7. The molecule has 2 heterocycles. The van der Waals surface area contributed by atoms with E-state index in [0.29, 0.717) is 5.95 Å². The van der Waals surface area contributed by atoms with Gasteiger partial charge >= 0.3 is 5.97 Å². The van der Waals surface area contributed by atoms with Gasteiger partial charge in [-0.1, -0.05) is 6.07 Å². The van der Waals surface area contributed by atoms with Crippen LogP contribution in [0.25, 0.3) is 0 Å². The van der Waals surface area contributed by atoms with Gasteiger partial charge in [0.2, 0.25) is 5.95 Å². The van der Waals surface area contributed by atoms with Crippen molar-refractivity contribution in [2.24, 2.45) is 0 Å². The molecular formula is C10H9N3O2S. The van der Waals surface area contributed by atoms with Crippen LogP contribution in [0.4, 0.5) is 5.95 Å². The molecule has 0 fully saturated rings. The van der Waals surface area contributed by atoms with Gasteiger partial charge in [-0.25, -0.2) is 14.8 Å². The number of aliphatic carboxylic acids is 1. The second-order valence-electron chi connectivity index (χ2n) is 3.00. The maximum atomic E-state index is 11.1. The fourth-order valence-electron chi connectivity index (χ4n) is 1.21. The Kier molecular flexibility index (Phi) is 3.11. The van der Waals surface area contributed by atoms with Gasteiger partial charge in [0, 0.05) is 17.3 Å². The summed E-state index contributed by atoms with van der Waals surface area (Å²) < 4.78 is 0. The SMILES string of the molecule is O=C(O)C(Nc1ncccn1)c1cccs1. The second-order valence-corrected chi connectivity index (χ2v) is 3.98. The van der Waals surface area contributed by atoms with E-state index in [9.17, 15) is 4.79 Å². The average molecular weight is 235 g/mol. The molecule has 1 unspecified atom stereocenters. The van der Waals surface area contributed by atoms with Crippen LogP contribution in [0.3, 0.4) is 0 Å². The molecule has 1 atom stereocenters. The van der Waals surface area contributed by atoms with E-state index in [1.807, 2.05) is 11.4 Å². The first-order chi connectivity index (χ1) is 7.77. The van der Waals surface area contributed by atoms with Crippen molar-refractivity contribution in [1.29, 1.82) is 0 Å². The second kappa shape index (κ2) is 4.71. The highest BCUT2D eigenvalue weighted by Gasteiger charge is 2.21. The fourth-order valence-corrected chi connectivity index (χ4v) is 1.98. The number of carboxylic acid groups (broad SMARTS) is 1. The molecule has 82 valence electrons. The molecule has 2 aromatic heterocycles. The Labute approximate surface area is 95.8 Å². The summed E-state index contributed by atoms with van der Waals surface area (Å²) in [6.45, 7) is 0. The van der Waals surface area contributed by atoms with E-state index in [0.717, 1.165) is 4.88 Å². The van der Waals surface area contributed by atoms with Crippen molar-refractivity contribution in [3.05, 3.63) is 40.8 Å². The van der Waals surface area contributed by atoms with Crippen LogP contribution in [-0.2, 0) is 4.79 Å². The summed E-state index contributed by atoms with van der Waals surface area (Å²) in [6.07, 6.45) is 3.12. The van der Waals surface area contributed by atoms with Gasteiger partial charge in [0.15, 0.2) is 6.04 Å². The van der Waals surface area contributed by atoms with Crippen molar-refractivity contribution in [1.82, 2.24) is 9.97 Å². The van der Waals surface area contributed by atoms with Crippen LogP contribution in [0, 0.1) is 0 Å². The van der Waals surface area contributed by atoms with Crippen molar-refractivity contribution in [2.75, 3.05) is 5.32 Å². The van der Waals surface area contributed by atoms with Gasteiger partial charge in [0.05, 0.1) is 0 Å². The molecule has 0 aliphatic carbocycles. The van der Waals surface area contributed by atoms with Crippen molar-refractivity contribution < 1.29 is 9.90 Å². The minimum atomic E-state index is -0.949. The van der Waals surface area contributed by atoms with E-state index in [4.69, 9.17) is 5.11 Å². The summed E-state index contributed by atoms with van der Waals surface area (Å²) in [5, 5.41) is 13.7. The van der Waals surface area contributed by atoms with Crippen LogP contribution in [-0.4, -0.2) is 21.0 Å². The monoisotopic (exact) mass is 235 g/mol. The molecule has 0 aliphatic rings. The fraction of sp³-hybridized carbons (Fsp3) is 0.100. The molecule has 0 aliphatic heterocycles. The lowest BCUT2D eigenvalue weighted by atomic mass is 10.2. The number of carboxylic acids is 1. The van der Waals surface area contributed by atoms with Gasteiger partial charge in [-0.05, 0) is 17.5 Å². The molecule has 2 N–H and O–H groups in total. The van der Waals surface area contributed by atoms with E-state index in [1.54, 1.807) is 24.5 Å². The third kappa shape index (κ3) is 2.34. The Morgan fingerprint density at radius 1 is 1.38 bits per heavy atom. The standard InChI is InChI=1S/C10H9N3O2S/c14-9(15)8(7-3-1-6-16-7)13-10-11-4-2-5-12-10/h1-6,8H,(H,14,15)(H,11,12,13). The molecule has 6 heteroatoms. The molecule has 0 spiro atoms. The summed E-state index contributed by atoms with van der Waals surface area (Å²) >= 11 is 1.38. The van der Waals surface area contributed by atoms with E-state index in [2.05, 4.69) is 15.3 Å². The smallest absolute Gasteiger partial charge is 0.331 e. The minimum absolute atomic E-state index is 0.309. The molecule has 0 aromatic carbocycles. The van der Waals surface area contributed by atoms with Crippen molar-refractivity contribution in [3.8, 4) is 0 Å². The molecule has 2 rings (SSSR count). The topological polar surface area (TPSA) is 75.1 Å². The van der Waals surface area contributed by atoms with Crippen LogP contribution in [0.2, 0.25) is 0 Å². The molecule has 0 bridgehead atoms. The van der Waals surface area contributed by atoms with Crippen LogP contribution >= 0.6 is 11.3 Å². The Morgan fingerprint density at radius 2 is 2.12 bits per heavy atom. The van der Waals surface area contributed by atoms with E-state index in [1.165, 1.54) is 11.3 Å². The quantitative estimate of drug-likeness (QED) is 0.844. The molecule has 0 saturated heterocycles. The van der Waals surface area contributed by atoms with Gasteiger partial charge in [-0.2, -0.15) is 0 Å². The van der Waals surface area contributed by atoms with Gasteiger partial charge in [0.1, 0.15) is 0 Å². The predicted molar refractivity (Wildman–Crippen MR) is 60.4 cm³/mol. The number of hydrogen-bond acceptors (Lipinski definition) is 5. The zero-order valence-electron chi connectivity index (χ0n) is 8.20. The van der Waals surface area contributed by atoms with Crippen molar-refractivity contribution >= 4 is 23.3 Å². The number of carbonyl (C=O) groups is 1. The normalized spacial score (nSPS) is 12.0. The maximum absolute atomic E-state index is 11.1. The van der Waals surface area contributed by atoms with E-state index >= 15 is 0 Å². The number of thiophene rings is 1. The van der Waals surface area contributed by atoms with Crippen molar-refractivity contribution in [3.63, 3.8) is 0 Å². The Bertz CT molecular complexity index is 458. The zero-order chi connectivity index (χ0) is 11.4. The predicted octanol–water partition coefficient (Wildman–Crippen LogP) is 1.78. The largest absolute Gasteiger partial charge is 0.479 e. The molecule has 2 aromatic rings. The first-order valence-electron chi connectivity index (χ1n) is 4.57. The summed E-state index contributed by atoms with van der Waals surface area (Å²) in [6, 6.07) is 4.44. The summed E-state index contributed by atoms with van der Waals surface area (Å²) in [5.74, 6) is -0.641. The van der Waals surface area contributed by atoms with E-state index < -0.39 is 12.0 Å². The average Bonchev–Trinajstić information content (AvgIpc) is 2.80. The molecule has 0 amide bonds. The number of hydrogen-bond donors (Lipinski definition) is 2. The molecule has 5 nitrogen and oxygen atoms in total. The van der Waals surface area contributed by atoms with Gasteiger partial charge in [0.25, 0.3) is 0 Å². The third-order valence-electron chi connectivity index (χ3n) is 1.91. The van der Waals surface area contributed by atoms with Crippen LogP contribution < -0.4 is 5.32 Å². The van der Waals surface area contributed by atoms with Crippen molar-refractivity contribution in [2.45, 2.75) is 6.04 Å². The lowest BCUT2D eigenvalue weighted by Crippen LogP contribution is -2.20. The lowest BCUT2D eigenvalue weighted by Gasteiger charge is -2.11. The van der Waals surface area contributed by atoms with E-state index in [-0.39, 0.29) is 0 Å². The number of rotatable bonds is 4. The molecular weight excluding hydrogens is 226 g/mol. The summed E-state index contributed by atoms with van der Waals surface area (Å²) in [5.41, 5.74) is 0. The molecule has 16 heavy (non-hydrogen) atoms. The van der Waals surface area contributed by atoms with Crippen LogP contribution in [0.15, 0.2) is 36.0 Å². The lowest BCUT2D eigenvalue weighted by molar-refractivity contribution is -0.138. The number of nitrogens with zero attached hydrogens (tertiary/aromatic N) is 2. The summed E-state index contributed by atoms with van der Waals surface area (Å²) in [7, 11) is 0. The molecule has 0 radical (unpaired) electrons. The number of anilines is 1. The van der Waals surface area contributed by atoms with Gasteiger partial charge in [-0.15, -0.1) is 11.3 Å². The maximum Gasteiger partial charge on any atom is 0.331 e. The number of aromatic nitrogens is 2. The Hall–Kier alpha value is -1.95. The highest BCUT2D eigenvalue weighted by molar-refractivity contribution is 7.10. The minimum Gasteiger partial charge on any atom is -0.479 e. The zero-order valence-corrected chi connectivity index (χ0v) is 9.02. The highest BCUT2D eigenvalue weighted by Crippen LogP contribution is 2.22. The Balaban J connectivity index is 2.19. The van der Waals surface area contributed by atoms with Crippen LogP contribution in [0.5, 0.6) is 0 Å². The molecule has 0 saturated carbocycles. The van der Waals surface area contributed by atoms with Gasteiger partial charge < -0.3 is 10.4 Å². The van der Waals surface area contributed by atoms with Crippen LogP contribution in [0.1, 0.15) is 10.9 Å². The first kappa shape index (κ1) is 10.6. The third-order valence-corrected chi connectivity index (χ3v) is 2.85. The number of nitrogens with one attached hydrogen (secondary N) is 1. The highest BCUT2D eigenvalue weighted by atomic mass is 32.1. The first-order valence-corrected chi connectivity index (χ1v) is 5.45. The van der Waals surface area contributed by atoms with Gasteiger partial charge in [-0.3, -0.25) is 0 Å².